The second-order valence-electron chi connectivity index (χ2n) is 7.95. The normalized spacial score (nSPS) is 14.8. The third kappa shape index (κ3) is 4.76. The maximum atomic E-state index is 14.0. The Kier molecular flexibility index (Phi) is 6.58. The van der Waals surface area contributed by atoms with Gasteiger partial charge in [0, 0.05) is 18.0 Å². The summed E-state index contributed by atoms with van der Waals surface area (Å²) in [7, 11) is 0. The monoisotopic (exact) mass is 475 g/mol. The number of hydrogen-bond donors (Lipinski definition) is 3. The van der Waals surface area contributed by atoms with Gasteiger partial charge in [-0.25, -0.2) is 9.18 Å². The lowest BCUT2D eigenvalue weighted by atomic mass is 9.98. The number of hydrogen-bond acceptors (Lipinski definition) is 4. The molecule has 4 rings (SSSR count). The van der Waals surface area contributed by atoms with Crippen LogP contribution in [0.4, 0.5) is 22.4 Å². The minimum atomic E-state index is -4.74. The number of carbonyl (C=O) groups is 1. The Labute approximate surface area is 192 Å². The lowest BCUT2D eigenvalue weighted by Crippen LogP contribution is -2.36. The summed E-state index contributed by atoms with van der Waals surface area (Å²) in [6, 6.07) is 17.0. The third-order valence-corrected chi connectivity index (χ3v) is 5.81. The summed E-state index contributed by atoms with van der Waals surface area (Å²) < 4.78 is 57.9. The van der Waals surface area contributed by atoms with Crippen molar-refractivity contribution in [3.63, 3.8) is 0 Å². The van der Waals surface area contributed by atoms with E-state index in [-0.39, 0.29) is 12.5 Å². The van der Waals surface area contributed by atoms with Gasteiger partial charge in [-0.15, -0.1) is 0 Å². The molecule has 0 aliphatic heterocycles. The van der Waals surface area contributed by atoms with E-state index in [1.54, 1.807) is 0 Å². The van der Waals surface area contributed by atoms with Gasteiger partial charge in [-0.05, 0) is 40.5 Å². The van der Waals surface area contributed by atoms with Crippen LogP contribution >= 0.6 is 0 Å². The third-order valence-electron chi connectivity index (χ3n) is 5.81. The molecule has 9 heteroatoms. The standard InChI is InChI=1S/C25H21F4NO4/c26-21-10-9-14(25(27,28)29)11-19(21)23(32)22(31)12-30-24(33)34-13-20-17-7-3-1-5-15(17)16-6-2-4-8-18(16)20/h1-11,20,22-23,31-32H,12-13H2,(H,30,33). The molecule has 0 bridgehead atoms. The number of alkyl carbamates (subject to hydrolysis) is 1. The van der Waals surface area contributed by atoms with E-state index in [4.69, 9.17) is 4.74 Å². The fourth-order valence-electron chi connectivity index (χ4n) is 4.10. The van der Waals surface area contributed by atoms with Crippen LogP contribution in [-0.2, 0) is 10.9 Å². The Morgan fingerprint density at radius 3 is 2.15 bits per heavy atom. The number of fused-ring (bicyclic) bond motifs is 3. The maximum absolute atomic E-state index is 14.0. The molecule has 178 valence electrons. The number of aliphatic hydroxyl groups is 2. The van der Waals surface area contributed by atoms with Crippen molar-refractivity contribution in [2.45, 2.75) is 24.3 Å². The van der Waals surface area contributed by atoms with Crippen molar-refractivity contribution in [2.24, 2.45) is 0 Å². The highest BCUT2D eigenvalue weighted by molar-refractivity contribution is 5.79. The number of aliphatic hydroxyl groups excluding tert-OH is 2. The first-order valence-corrected chi connectivity index (χ1v) is 10.5. The molecule has 1 amide bonds. The zero-order chi connectivity index (χ0) is 24.5. The van der Waals surface area contributed by atoms with Crippen LogP contribution < -0.4 is 5.32 Å². The van der Waals surface area contributed by atoms with Crippen molar-refractivity contribution in [1.29, 1.82) is 0 Å². The van der Waals surface area contributed by atoms with Crippen LogP contribution in [0.3, 0.4) is 0 Å². The van der Waals surface area contributed by atoms with Crippen molar-refractivity contribution >= 4 is 6.09 Å². The Bertz CT molecular complexity index is 1150. The molecule has 2 unspecified atom stereocenters. The lowest BCUT2D eigenvalue weighted by molar-refractivity contribution is -0.137. The molecule has 0 spiro atoms. The van der Waals surface area contributed by atoms with E-state index in [1.165, 1.54) is 0 Å². The number of halogens is 4. The van der Waals surface area contributed by atoms with Crippen molar-refractivity contribution in [2.75, 3.05) is 13.2 Å². The number of rotatable bonds is 6. The van der Waals surface area contributed by atoms with Gasteiger partial charge in [0.25, 0.3) is 0 Å². The summed E-state index contributed by atoms with van der Waals surface area (Å²) in [6.45, 7) is -0.547. The predicted molar refractivity (Wildman–Crippen MR) is 115 cm³/mol. The van der Waals surface area contributed by atoms with Crippen LogP contribution in [0.25, 0.3) is 11.1 Å². The molecular formula is C25H21F4NO4. The van der Waals surface area contributed by atoms with Crippen LogP contribution in [-0.4, -0.2) is 35.6 Å². The maximum Gasteiger partial charge on any atom is 0.416 e. The molecule has 1 aliphatic rings. The van der Waals surface area contributed by atoms with Crippen molar-refractivity contribution < 1.29 is 37.3 Å². The summed E-state index contributed by atoms with van der Waals surface area (Å²) in [4.78, 5) is 12.2. The van der Waals surface area contributed by atoms with Gasteiger partial charge in [-0.2, -0.15) is 13.2 Å². The number of ether oxygens (including phenoxy) is 1. The van der Waals surface area contributed by atoms with E-state index in [9.17, 15) is 32.6 Å². The molecule has 3 N–H and O–H groups in total. The molecular weight excluding hydrogens is 454 g/mol. The Balaban J connectivity index is 1.36. The molecule has 0 heterocycles. The van der Waals surface area contributed by atoms with Gasteiger partial charge in [0.15, 0.2) is 0 Å². The smallest absolute Gasteiger partial charge is 0.416 e. The molecule has 5 nitrogen and oxygen atoms in total. The Morgan fingerprint density at radius 2 is 1.56 bits per heavy atom. The molecule has 0 radical (unpaired) electrons. The fourth-order valence-corrected chi connectivity index (χ4v) is 4.10. The molecule has 34 heavy (non-hydrogen) atoms. The average molecular weight is 475 g/mol. The zero-order valence-corrected chi connectivity index (χ0v) is 17.7. The van der Waals surface area contributed by atoms with E-state index >= 15 is 0 Å². The van der Waals surface area contributed by atoms with Gasteiger partial charge in [0.1, 0.15) is 24.6 Å². The van der Waals surface area contributed by atoms with Crippen molar-refractivity contribution in [3.8, 4) is 11.1 Å². The highest BCUT2D eigenvalue weighted by Gasteiger charge is 2.33. The quantitative estimate of drug-likeness (QED) is 0.449. The van der Waals surface area contributed by atoms with E-state index in [0.717, 1.165) is 22.3 Å². The van der Waals surface area contributed by atoms with Crippen LogP contribution in [0, 0.1) is 5.82 Å². The number of nitrogens with one attached hydrogen (secondary N) is 1. The summed E-state index contributed by atoms with van der Waals surface area (Å²) in [5.41, 5.74) is 2.22. The number of carbonyl (C=O) groups excluding carboxylic acids is 1. The molecule has 1 aliphatic carbocycles. The summed E-state index contributed by atoms with van der Waals surface area (Å²) >= 11 is 0. The topological polar surface area (TPSA) is 78.8 Å². The summed E-state index contributed by atoms with van der Waals surface area (Å²) in [5, 5.41) is 22.5. The molecule has 0 aromatic heterocycles. The number of benzene rings is 3. The summed E-state index contributed by atoms with van der Waals surface area (Å²) in [6.07, 6.45) is -9.39. The lowest BCUT2D eigenvalue weighted by Gasteiger charge is -2.20. The first-order valence-electron chi connectivity index (χ1n) is 10.5. The first-order chi connectivity index (χ1) is 16.2. The van der Waals surface area contributed by atoms with Gasteiger partial charge in [-0.3, -0.25) is 0 Å². The second-order valence-corrected chi connectivity index (χ2v) is 7.95. The zero-order valence-electron chi connectivity index (χ0n) is 17.7. The molecule has 3 aromatic rings. The van der Waals surface area contributed by atoms with Crippen LogP contribution in [0.1, 0.15) is 34.3 Å². The van der Waals surface area contributed by atoms with Gasteiger partial charge in [0.2, 0.25) is 0 Å². The SMILES string of the molecule is O=C(NCC(O)C(O)c1cc(C(F)(F)F)ccc1F)OCC1c2ccccc2-c2ccccc21. The van der Waals surface area contributed by atoms with Gasteiger partial charge < -0.3 is 20.3 Å². The van der Waals surface area contributed by atoms with Crippen molar-refractivity contribution in [1.82, 2.24) is 5.32 Å². The van der Waals surface area contributed by atoms with Crippen molar-refractivity contribution in [3.05, 3.63) is 94.8 Å². The van der Waals surface area contributed by atoms with Gasteiger partial charge >= 0.3 is 12.3 Å². The Hall–Kier alpha value is -3.43. The highest BCUT2D eigenvalue weighted by atomic mass is 19.4. The highest BCUT2D eigenvalue weighted by Crippen LogP contribution is 2.44. The number of alkyl halides is 3. The molecule has 0 saturated heterocycles. The number of amides is 1. The molecule has 0 saturated carbocycles. The van der Waals surface area contributed by atoms with E-state index < -0.39 is 48.0 Å². The fraction of sp³-hybridized carbons (Fsp3) is 0.240. The average Bonchev–Trinajstić information content (AvgIpc) is 3.14. The van der Waals surface area contributed by atoms with Crippen LogP contribution in [0.2, 0.25) is 0 Å². The first kappa shape index (κ1) is 23.7. The summed E-state index contributed by atoms with van der Waals surface area (Å²) in [5.74, 6) is -1.30. The van der Waals surface area contributed by atoms with Crippen LogP contribution in [0.5, 0.6) is 0 Å². The van der Waals surface area contributed by atoms with Gasteiger partial charge in [0.05, 0.1) is 5.56 Å². The Morgan fingerprint density at radius 1 is 0.971 bits per heavy atom. The molecule has 0 fully saturated rings. The minimum Gasteiger partial charge on any atom is -0.449 e. The van der Waals surface area contributed by atoms with Crippen LogP contribution in [0.15, 0.2) is 66.7 Å². The van der Waals surface area contributed by atoms with E-state index in [1.807, 2.05) is 48.5 Å². The minimum absolute atomic E-state index is 0.0146. The second kappa shape index (κ2) is 9.44. The predicted octanol–water partition coefficient (Wildman–Crippen LogP) is 4.78. The molecule has 3 aromatic carbocycles. The van der Waals surface area contributed by atoms with E-state index in [2.05, 4.69) is 5.32 Å². The molecule has 2 atom stereocenters. The van der Waals surface area contributed by atoms with Gasteiger partial charge in [-0.1, -0.05) is 48.5 Å². The largest absolute Gasteiger partial charge is 0.449 e. The van der Waals surface area contributed by atoms with E-state index in [0.29, 0.717) is 18.2 Å².